The molecule has 21 heavy (non-hydrogen) atoms. The largest absolute Gasteiger partial charge is 0.369 e. The van der Waals surface area contributed by atoms with Gasteiger partial charge in [-0.1, -0.05) is 0 Å². The van der Waals surface area contributed by atoms with E-state index in [4.69, 9.17) is 5.73 Å². The first-order chi connectivity index (χ1) is 10.0. The molecule has 3 N–H and O–H groups in total. The molecule has 1 aromatic rings. The summed E-state index contributed by atoms with van der Waals surface area (Å²) in [4.78, 5) is 28.5. The minimum Gasteiger partial charge on any atom is -0.369 e. The molecule has 1 saturated heterocycles. The zero-order valence-corrected chi connectivity index (χ0v) is 12.8. The fourth-order valence-electron chi connectivity index (χ4n) is 2.32. The highest BCUT2D eigenvalue weighted by molar-refractivity contribution is 5.77. The van der Waals surface area contributed by atoms with E-state index >= 15 is 0 Å². The molecule has 1 aromatic heterocycles. The Balaban J connectivity index is 2.26. The molecule has 0 radical (unpaired) electrons. The molecule has 1 unspecified atom stereocenters. The number of carbonyl (C=O) groups is 1. The third-order valence-electron chi connectivity index (χ3n) is 3.45. The maximum Gasteiger partial charge on any atom is 0.231 e. The van der Waals surface area contributed by atoms with Crippen LogP contribution in [0.25, 0.3) is 0 Å². The molecule has 1 aliphatic heterocycles. The van der Waals surface area contributed by atoms with Crippen molar-refractivity contribution in [3.05, 3.63) is 0 Å². The van der Waals surface area contributed by atoms with E-state index in [1.165, 1.54) is 0 Å². The molecule has 116 valence electrons. The van der Waals surface area contributed by atoms with Crippen LogP contribution in [0.3, 0.4) is 0 Å². The lowest BCUT2D eigenvalue weighted by Crippen LogP contribution is -2.42. The number of aromatic nitrogens is 3. The lowest BCUT2D eigenvalue weighted by atomic mass is 9.98. The number of amides is 1. The van der Waals surface area contributed by atoms with Crippen LogP contribution < -0.4 is 20.9 Å². The number of hydrogen-bond donors (Lipinski definition) is 2. The molecular weight excluding hydrogens is 270 g/mol. The van der Waals surface area contributed by atoms with E-state index < -0.39 is 0 Å². The van der Waals surface area contributed by atoms with Crippen molar-refractivity contribution < 1.29 is 4.79 Å². The van der Waals surface area contributed by atoms with Crippen LogP contribution in [-0.2, 0) is 4.79 Å². The highest BCUT2D eigenvalue weighted by atomic mass is 16.1. The summed E-state index contributed by atoms with van der Waals surface area (Å²) < 4.78 is 0. The molecule has 1 atom stereocenters. The van der Waals surface area contributed by atoms with E-state index in [2.05, 4.69) is 20.3 Å². The van der Waals surface area contributed by atoms with Crippen molar-refractivity contribution in [1.29, 1.82) is 0 Å². The van der Waals surface area contributed by atoms with Gasteiger partial charge in [-0.2, -0.15) is 15.0 Å². The first-order valence-electron chi connectivity index (χ1n) is 7.22. The van der Waals surface area contributed by atoms with Gasteiger partial charge in [-0.3, -0.25) is 4.79 Å². The molecule has 0 aromatic carbocycles. The normalized spacial score (nSPS) is 18.4. The smallest absolute Gasteiger partial charge is 0.231 e. The van der Waals surface area contributed by atoms with Crippen LogP contribution in [-0.4, -0.2) is 54.6 Å². The second-order valence-corrected chi connectivity index (χ2v) is 5.37. The number of anilines is 3. The molecule has 0 spiro atoms. The Bertz CT molecular complexity index is 505. The average molecular weight is 293 g/mol. The molecule has 2 rings (SSSR count). The van der Waals surface area contributed by atoms with Crippen LogP contribution in [0, 0.1) is 5.92 Å². The molecule has 0 aliphatic carbocycles. The van der Waals surface area contributed by atoms with Gasteiger partial charge >= 0.3 is 0 Å². The summed E-state index contributed by atoms with van der Waals surface area (Å²) in [6.07, 6.45) is 1.74. The van der Waals surface area contributed by atoms with Gasteiger partial charge in [-0.15, -0.1) is 0 Å². The molecular formula is C13H23N7O. The van der Waals surface area contributed by atoms with Gasteiger partial charge in [0.25, 0.3) is 0 Å². The summed E-state index contributed by atoms with van der Waals surface area (Å²) in [5, 5.41) is 3.11. The van der Waals surface area contributed by atoms with E-state index in [9.17, 15) is 4.79 Å². The van der Waals surface area contributed by atoms with Gasteiger partial charge in [-0.05, 0) is 19.8 Å². The second-order valence-electron chi connectivity index (χ2n) is 5.37. The Morgan fingerprint density at radius 3 is 2.81 bits per heavy atom. The fraction of sp³-hybridized carbons (Fsp3) is 0.692. The lowest BCUT2D eigenvalue weighted by molar-refractivity contribution is -0.122. The van der Waals surface area contributed by atoms with Gasteiger partial charge in [0, 0.05) is 33.7 Å². The third kappa shape index (κ3) is 3.71. The summed E-state index contributed by atoms with van der Waals surface area (Å²) in [5.74, 6) is 1.34. The lowest BCUT2D eigenvalue weighted by Gasteiger charge is -2.31. The van der Waals surface area contributed by atoms with Gasteiger partial charge in [-0.25, -0.2) is 0 Å². The Kier molecular flexibility index (Phi) is 4.77. The fourth-order valence-corrected chi connectivity index (χ4v) is 2.32. The van der Waals surface area contributed by atoms with Crippen LogP contribution in [0.4, 0.5) is 17.8 Å². The molecule has 0 saturated carbocycles. The number of nitrogens with zero attached hydrogens (tertiary/aromatic N) is 5. The van der Waals surface area contributed by atoms with E-state index in [1.54, 1.807) is 0 Å². The number of nitrogens with two attached hydrogens (primary N) is 1. The topological polar surface area (TPSA) is 100 Å². The standard InChI is InChI=1S/C13H23N7O/c1-4-15-11-16-12(19(2)3)18-13(17-11)20-7-5-6-9(8-20)10(14)21/h9H,4-8H2,1-3H3,(H2,14,21)(H,15,16,17,18). The van der Waals surface area contributed by atoms with E-state index in [1.807, 2.05) is 30.8 Å². The predicted molar refractivity (Wildman–Crippen MR) is 82.4 cm³/mol. The van der Waals surface area contributed by atoms with Gasteiger partial charge in [0.15, 0.2) is 0 Å². The van der Waals surface area contributed by atoms with Gasteiger partial charge in [0.2, 0.25) is 23.8 Å². The maximum absolute atomic E-state index is 11.4. The summed E-state index contributed by atoms with van der Waals surface area (Å²) in [6.45, 7) is 4.12. The Morgan fingerprint density at radius 1 is 1.43 bits per heavy atom. The molecule has 0 bridgehead atoms. The first-order valence-corrected chi connectivity index (χ1v) is 7.22. The highest BCUT2D eigenvalue weighted by Gasteiger charge is 2.26. The molecule has 1 fully saturated rings. The number of hydrogen-bond acceptors (Lipinski definition) is 7. The molecule has 1 aliphatic rings. The summed E-state index contributed by atoms with van der Waals surface area (Å²) in [7, 11) is 3.77. The molecule has 8 nitrogen and oxygen atoms in total. The maximum atomic E-state index is 11.4. The van der Waals surface area contributed by atoms with Crippen LogP contribution in [0.5, 0.6) is 0 Å². The zero-order chi connectivity index (χ0) is 15.4. The minimum absolute atomic E-state index is 0.138. The van der Waals surface area contributed by atoms with Crippen molar-refractivity contribution in [3.8, 4) is 0 Å². The van der Waals surface area contributed by atoms with Crippen molar-refractivity contribution in [1.82, 2.24) is 15.0 Å². The van der Waals surface area contributed by atoms with Crippen LogP contribution in [0.15, 0.2) is 0 Å². The number of piperidine rings is 1. The predicted octanol–water partition coefficient (Wildman–Crippen LogP) is 0.0711. The van der Waals surface area contributed by atoms with Crippen molar-refractivity contribution >= 4 is 23.8 Å². The summed E-state index contributed by atoms with van der Waals surface area (Å²) >= 11 is 0. The number of primary amides is 1. The van der Waals surface area contributed by atoms with Crippen LogP contribution >= 0.6 is 0 Å². The van der Waals surface area contributed by atoms with E-state index in [0.717, 1.165) is 25.9 Å². The van der Waals surface area contributed by atoms with Crippen LogP contribution in [0.1, 0.15) is 19.8 Å². The average Bonchev–Trinajstić information content (AvgIpc) is 2.47. The summed E-state index contributed by atoms with van der Waals surface area (Å²) in [5.41, 5.74) is 5.42. The highest BCUT2D eigenvalue weighted by Crippen LogP contribution is 2.22. The Hall–Kier alpha value is -2.12. The molecule has 2 heterocycles. The van der Waals surface area contributed by atoms with Crippen molar-refractivity contribution in [3.63, 3.8) is 0 Å². The van der Waals surface area contributed by atoms with E-state index in [-0.39, 0.29) is 11.8 Å². The Labute approximate surface area is 124 Å². The van der Waals surface area contributed by atoms with Crippen molar-refractivity contribution in [2.75, 3.05) is 48.8 Å². The number of carbonyl (C=O) groups excluding carboxylic acids is 1. The third-order valence-corrected chi connectivity index (χ3v) is 3.45. The Morgan fingerprint density at radius 2 is 2.19 bits per heavy atom. The monoisotopic (exact) mass is 293 g/mol. The quantitative estimate of drug-likeness (QED) is 0.792. The van der Waals surface area contributed by atoms with Gasteiger partial charge in [0.1, 0.15) is 0 Å². The SMILES string of the molecule is CCNc1nc(N(C)C)nc(N2CCCC(C(N)=O)C2)n1. The van der Waals surface area contributed by atoms with Gasteiger partial charge in [0.05, 0.1) is 5.92 Å². The number of rotatable bonds is 5. The summed E-state index contributed by atoms with van der Waals surface area (Å²) in [6, 6.07) is 0. The van der Waals surface area contributed by atoms with Gasteiger partial charge < -0.3 is 20.9 Å². The van der Waals surface area contributed by atoms with Crippen molar-refractivity contribution in [2.45, 2.75) is 19.8 Å². The van der Waals surface area contributed by atoms with Crippen molar-refractivity contribution in [2.24, 2.45) is 11.7 Å². The van der Waals surface area contributed by atoms with Crippen LogP contribution in [0.2, 0.25) is 0 Å². The first kappa shape index (κ1) is 15.3. The molecule has 1 amide bonds. The zero-order valence-electron chi connectivity index (χ0n) is 12.8. The number of nitrogens with one attached hydrogen (secondary N) is 1. The minimum atomic E-state index is -0.256. The molecule has 8 heteroatoms. The second kappa shape index (κ2) is 6.55. The van der Waals surface area contributed by atoms with E-state index in [0.29, 0.717) is 24.4 Å².